The summed E-state index contributed by atoms with van der Waals surface area (Å²) in [4.78, 5) is 28.2. The summed E-state index contributed by atoms with van der Waals surface area (Å²) in [7, 11) is 0. The Balaban J connectivity index is 1.78. The number of rotatable bonds is 5. The molecule has 1 atom stereocenters. The average Bonchev–Trinajstić information content (AvgIpc) is 2.60. The van der Waals surface area contributed by atoms with Crippen LogP contribution in [0.5, 0.6) is 0 Å². The smallest absolute Gasteiger partial charge is 0.317 e. The van der Waals surface area contributed by atoms with Crippen molar-refractivity contribution in [1.29, 1.82) is 0 Å². The maximum absolute atomic E-state index is 12.3. The number of piperazine rings is 1. The Bertz CT molecular complexity index is 571. The molecule has 3 amide bonds. The minimum absolute atomic E-state index is 0.0654. The summed E-state index contributed by atoms with van der Waals surface area (Å²) in [5.41, 5.74) is 0.898. The van der Waals surface area contributed by atoms with Gasteiger partial charge in [-0.15, -0.1) is 0 Å². The molecule has 1 aromatic carbocycles. The zero-order valence-corrected chi connectivity index (χ0v) is 15.2. The van der Waals surface area contributed by atoms with E-state index in [0.29, 0.717) is 37.7 Å². The summed E-state index contributed by atoms with van der Waals surface area (Å²) in [6.45, 7) is 6.82. The number of nitrogens with one attached hydrogen (secondary N) is 1. The zero-order valence-electron chi connectivity index (χ0n) is 14.4. The van der Waals surface area contributed by atoms with Crippen LogP contribution in [0.3, 0.4) is 0 Å². The molecule has 1 aliphatic heterocycles. The van der Waals surface area contributed by atoms with Crippen molar-refractivity contribution < 1.29 is 9.59 Å². The molecule has 1 aliphatic rings. The zero-order chi connectivity index (χ0) is 17.5. The van der Waals surface area contributed by atoms with Crippen LogP contribution in [0.1, 0.15) is 32.3 Å². The van der Waals surface area contributed by atoms with Gasteiger partial charge in [0.15, 0.2) is 0 Å². The van der Waals surface area contributed by atoms with Crippen molar-refractivity contribution in [1.82, 2.24) is 15.1 Å². The van der Waals surface area contributed by atoms with Crippen LogP contribution in [0.4, 0.5) is 4.79 Å². The normalized spacial score (nSPS) is 16.0. The van der Waals surface area contributed by atoms with Crippen molar-refractivity contribution in [3.63, 3.8) is 0 Å². The maximum Gasteiger partial charge on any atom is 0.317 e. The molecule has 1 heterocycles. The van der Waals surface area contributed by atoms with Crippen molar-refractivity contribution in [2.24, 2.45) is 5.92 Å². The van der Waals surface area contributed by atoms with Crippen molar-refractivity contribution in [2.45, 2.75) is 33.2 Å². The van der Waals surface area contributed by atoms with E-state index in [9.17, 15) is 9.59 Å². The number of carbonyl (C=O) groups excluding carboxylic acids is 2. The largest absolute Gasteiger partial charge is 0.339 e. The molecule has 0 aromatic heterocycles. The van der Waals surface area contributed by atoms with Crippen LogP contribution in [0.25, 0.3) is 0 Å². The molecule has 1 aromatic rings. The third-order valence-electron chi connectivity index (χ3n) is 4.41. The molecule has 1 N–H and O–H groups in total. The summed E-state index contributed by atoms with van der Waals surface area (Å²) in [6, 6.07) is 7.36. The van der Waals surface area contributed by atoms with Gasteiger partial charge in [-0.25, -0.2) is 4.79 Å². The fraction of sp³-hybridized carbons (Fsp3) is 0.556. The molecule has 2 rings (SSSR count). The number of carbonyl (C=O) groups is 2. The van der Waals surface area contributed by atoms with Gasteiger partial charge in [0.05, 0.1) is 0 Å². The van der Waals surface area contributed by atoms with Crippen LogP contribution >= 0.6 is 11.6 Å². The van der Waals surface area contributed by atoms with Crippen LogP contribution < -0.4 is 5.32 Å². The Morgan fingerprint density at radius 1 is 1.17 bits per heavy atom. The molecule has 0 radical (unpaired) electrons. The van der Waals surface area contributed by atoms with Gasteiger partial charge in [0.1, 0.15) is 0 Å². The molecule has 6 heteroatoms. The second-order valence-electron chi connectivity index (χ2n) is 6.25. The van der Waals surface area contributed by atoms with E-state index in [1.807, 2.05) is 36.1 Å². The van der Waals surface area contributed by atoms with Crippen molar-refractivity contribution in [3.8, 4) is 0 Å². The lowest BCUT2D eigenvalue weighted by Crippen LogP contribution is -2.53. The highest BCUT2D eigenvalue weighted by atomic mass is 35.5. The Kier molecular flexibility index (Phi) is 6.91. The highest BCUT2D eigenvalue weighted by Crippen LogP contribution is 2.15. The van der Waals surface area contributed by atoms with Gasteiger partial charge < -0.3 is 15.1 Å². The van der Waals surface area contributed by atoms with Gasteiger partial charge in [-0.2, -0.15) is 0 Å². The molecular formula is C18H26ClN3O2. The molecule has 1 fully saturated rings. The lowest BCUT2D eigenvalue weighted by atomic mass is 10.0. The lowest BCUT2D eigenvalue weighted by molar-refractivity contribution is -0.136. The minimum Gasteiger partial charge on any atom is -0.339 e. The first kappa shape index (κ1) is 18.6. The molecule has 0 aliphatic carbocycles. The van der Waals surface area contributed by atoms with Gasteiger partial charge in [-0.3, -0.25) is 4.79 Å². The molecule has 0 spiro atoms. The van der Waals surface area contributed by atoms with E-state index in [-0.39, 0.29) is 17.9 Å². The first-order chi connectivity index (χ1) is 11.5. The van der Waals surface area contributed by atoms with Gasteiger partial charge in [-0.05, 0) is 18.1 Å². The predicted molar refractivity (Wildman–Crippen MR) is 95.9 cm³/mol. The number of benzene rings is 1. The summed E-state index contributed by atoms with van der Waals surface area (Å²) in [5, 5.41) is 3.55. The average molecular weight is 352 g/mol. The second-order valence-corrected chi connectivity index (χ2v) is 6.66. The highest BCUT2D eigenvalue weighted by molar-refractivity contribution is 6.31. The molecule has 0 bridgehead atoms. The van der Waals surface area contributed by atoms with Gasteiger partial charge in [0, 0.05) is 43.7 Å². The standard InChI is InChI=1S/C18H26ClN3O2/c1-3-6-14(2)17(23)21-9-11-22(12-10-21)18(24)20-13-15-7-4-5-8-16(15)19/h4-5,7-8,14H,3,6,9-13H2,1-2H3,(H,20,24). The van der Waals surface area contributed by atoms with Crippen LogP contribution in [-0.4, -0.2) is 47.9 Å². The first-order valence-corrected chi connectivity index (χ1v) is 8.95. The Hall–Kier alpha value is -1.75. The van der Waals surface area contributed by atoms with Crippen LogP contribution in [0.15, 0.2) is 24.3 Å². The minimum atomic E-state index is -0.108. The number of halogens is 1. The highest BCUT2D eigenvalue weighted by Gasteiger charge is 2.26. The molecule has 1 unspecified atom stereocenters. The van der Waals surface area contributed by atoms with E-state index in [0.717, 1.165) is 18.4 Å². The fourth-order valence-electron chi connectivity index (χ4n) is 2.92. The van der Waals surface area contributed by atoms with E-state index in [1.165, 1.54) is 0 Å². The van der Waals surface area contributed by atoms with Gasteiger partial charge >= 0.3 is 6.03 Å². The topological polar surface area (TPSA) is 52.7 Å². The number of nitrogens with zero attached hydrogens (tertiary/aromatic N) is 2. The van der Waals surface area contributed by atoms with Crippen molar-refractivity contribution >= 4 is 23.5 Å². The monoisotopic (exact) mass is 351 g/mol. The van der Waals surface area contributed by atoms with Crippen molar-refractivity contribution in [3.05, 3.63) is 34.9 Å². The summed E-state index contributed by atoms with van der Waals surface area (Å²) < 4.78 is 0. The summed E-state index contributed by atoms with van der Waals surface area (Å²) in [5.74, 6) is 0.267. The number of urea groups is 1. The van der Waals surface area contributed by atoms with Gasteiger partial charge in [0.25, 0.3) is 0 Å². The molecule has 5 nitrogen and oxygen atoms in total. The fourth-order valence-corrected chi connectivity index (χ4v) is 3.13. The SMILES string of the molecule is CCCC(C)C(=O)N1CCN(C(=O)NCc2ccccc2Cl)CC1. The second kappa shape index (κ2) is 8.92. The lowest BCUT2D eigenvalue weighted by Gasteiger charge is -2.36. The van der Waals surface area contributed by atoms with Crippen molar-refractivity contribution in [2.75, 3.05) is 26.2 Å². The summed E-state index contributed by atoms with van der Waals surface area (Å²) >= 11 is 6.09. The van der Waals surface area contributed by atoms with Crippen LogP contribution in [-0.2, 0) is 11.3 Å². The number of hydrogen-bond donors (Lipinski definition) is 1. The van der Waals surface area contributed by atoms with E-state index < -0.39 is 0 Å². The summed E-state index contributed by atoms with van der Waals surface area (Å²) in [6.07, 6.45) is 1.93. The number of amides is 3. The molecule has 24 heavy (non-hydrogen) atoms. The van der Waals surface area contributed by atoms with E-state index >= 15 is 0 Å². The quantitative estimate of drug-likeness (QED) is 0.886. The van der Waals surface area contributed by atoms with Crippen LogP contribution in [0, 0.1) is 5.92 Å². The first-order valence-electron chi connectivity index (χ1n) is 8.58. The third-order valence-corrected chi connectivity index (χ3v) is 4.78. The van der Waals surface area contributed by atoms with E-state index in [1.54, 1.807) is 4.90 Å². The molecule has 0 saturated carbocycles. The Morgan fingerprint density at radius 2 is 1.79 bits per heavy atom. The van der Waals surface area contributed by atoms with E-state index in [4.69, 9.17) is 11.6 Å². The van der Waals surface area contributed by atoms with Gasteiger partial charge in [-0.1, -0.05) is 50.1 Å². The number of hydrogen-bond acceptors (Lipinski definition) is 2. The van der Waals surface area contributed by atoms with Gasteiger partial charge in [0.2, 0.25) is 5.91 Å². The Morgan fingerprint density at radius 3 is 2.42 bits per heavy atom. The maximum atomic E-state index is 12.3. The molecule has 1 saturated heterocycles. The molecule has 132 valence electrons. The predicted octanol–water partition coefficient (Wildman–Crippen LogP) is 3.13. The van der Waals surface area contributed by atoms with Crippen LogP contribution in [0.2, 0.25) is 5.02 Å². The molecular weight excluding hydrogens is 326 g/mol. The third kappa shape index (κ3) is 4.87. The Labute approximate surface area is 149 Å². The van der Waals surface area contributed by atoms with E-state index in [2.05, 4.69) is 12.2 Å².